The Morgan fingerprint density at radius 1 is 0.857 bits per heavy atom. The maximum absolute atomic E-state index is 12.7. The standard InChI is InChI=1S/C6H3F11O3S/c7-2(1-3(8,9)10)4(11,12)5(13,14)20-21(18,19)6(15,16)17/h2H,1H2. The molecule has 1 unspecified atom stereocenters. The Kier molecular flexibility index (Phi) is 5.18. The first-order chi connectivity index (χ1) is 8.83. The Balaban J connectivity index is 5.40. The summed E-state index contributed by atoms with van der Waals surface area (Å²) in [6, 6.07) is 0. The van der Waals surface area contributed by atoms with E-state index in [-0.39, 0.29) is 0 Å². The van der Waals surface area contributed by atoms with E-state index in [0.29, 0.717) is 0 Å². The van der Waals surface area contributed by atoms with Gasteiger partial charge in [-0.05, 0) is 0 Å². The maximum Gasteiger partial charge on any atom is 0.523 e. The third kappa shape index (κ3) is 4.82. The molecule has 1 atom stereocenters. The molecule has 0 amide bonds. The Labute approximate surface area is 108 Å². The Bertz CT molecular complexity index is 461. The van der Waals surface area contributed by atoms with E-state index >= 15 is 0 Å². The van der Waals surface area contributed by atoms with Crippen molar-refractivity contribution in [2.75, 3.05) is 0 Å². The summed E-state index contributed by atoms with van der Waals surface area (Å²) in [6.07, 6.45) is -20.3. The molecule has 0 saturated carbocycles. The monoisotopic (exact) mass is 364 g/mol. The van der Waals surface area contributed by atoms with Gasteiger partial charge >= 0.3 is 33.8 Å². The highest BCUT2D eigenvalue weighted by Gasteiger charge is 2.69. The van der Waals surface area contributed by atoms with Crippen molar-refractivity contribution in [1.29, 1.82) is 0 Å². The van der Waals surface area contributed by atoms with Gasteiger partial charge in [-0.2, -0.15) is 56.5 Å². The summed E-state index contributed by atoms with van der Waals surface area (Å²) in [5, 5.41) is 0. The van der Waals surface area contributed by atoms with Gasteiger partial charge in [0.05, 0.1) is 6.42 Å². The zero-order chi connectivity index (χ0) is 17.5. The van der Waals surface area contributed by atoms with Crippen molar-refractivity contribution in [3.63, 3.8) is 0 Å². The number of halogens is 11. The summed E-state index contributed by atoms with van der Waals surface area (Å²) < 4.78 is 155. The highest BCUT2D eigenvalue weighted by atomic mass is 32.2. The molecule has 0 aliphatic rings. The molecule has 0 bridgehead atoms. The van der Waals surface area contributed by atoms with Gasteiger partial charge in [-0.3, -0.25) is 0 Å². The van der Waals surface area contributed by atoms with E-state index in [2.05, 4.69) is 0 Å². The van der Waals surface area contributed by atoms with Crippen LogP contribution in [-0.2, 0) is 14.3 Å². The molecule has 0 aromatic carbocycles. The van der Waals surface area contributed by atoms with Crippen LogP contribution < -0.4 is 0 Å². The first kappa shape index (κ1) is 20.1. The molecule has 0 aliphatic heterocycles. The molecule has 0 heterocycles. The fourth-order valence-electron chi connectivity index (χ4n) is 0.754. The minimum atomic E-state index is -7.29. The van der Waals surface area contributed by atoms with E-state index < -0.39 is 46.4 Å². The first-order valence-corrected chi connectivity index (χ1v) is 5.73. The van der Waals surface area contributed by atoms with Gasteiger partial charge in [-0.1, -0.05) is 0 Å². The largest absolute Gasteiger partial charge is 0.523 e. The molecule has 0 N–H and O–H groups in total. The van der Waals surface area contributed by atoms with Crippen LogP contribution in [0.5, 0.6) is 0 Å². The van der Waals surface area contributed by atoms with Gasteiger partial charge in [-0.15, -0.1) is 0 Å². The second-order valence-corrected chi connectivity index (χ2v) is 4.95. The molecule has 21 heavy (non-hydrogen) atoms. The molecule has 0 fully saturated rings. The molecule has 0 aliphatic carbocycles. The van der Waals surface area contributed by atoms with Gasteiger partial charge in [0.2, 0.25) is 0 Å². The molecule has 0 aromatic heterocycles. The lowest BCUT2D eigenvalue weighted by atomic mass is 10.1. The number of rotatable bonds is 5. The lowest BCUT2D eigenvalue weighted by Crippen LogP contribution is -2.52. The summed E-state index contributed by atoms with van der Waals surface area (Å²) in [5.74, 6) is -6.49. The van der Waals surface area contributed by atoms with E-state index in [1.807, 2.05) is 4.18 Å². The Morgan fingerprint density at radius 2 is 1.24 bits per heavy atom. The van der Waals surface area contributed by atoms with Crippen molar-refractivity contribution in [2.24, 2.45) is 0 Å². The maximum atomic E-state index is 12.7. The zero-order valence-electron chi connectivity index (χ0n) is 9.08. The summed E-state index contributed by atoms with van der Waals surface area (Å²) in [7, 11) is -7.29. The first-order valence-electron chi connectivity index (χ1n) is 4.32. The summed E-state index contributed by atoms with van der Waals surface area (Å²) >= 11 is 0. The molecule has 0 rings (SSSR count). The number of hydrogen-bond donors (Lipinski definition) is 0. The second kappa shape index (κ2) is 5.40. The van der Waals surface area contributed by atoms with Gasteiger partial charge in [0, 0.05) is 0 Å². The fraction of sp³-hybridized carbons (Fsp3) is 1.00. The zero-order valence-corrected chi connectivity index (χ0v) is 9.89. The van der Waals surface area contributed by atoms with Gasteiger partial charge in [0.25, 0.3) is 0 Å². The van der Waals surface area contributed by atoms with Crippen LogP contribution in [0.15, 0.2) is 0 Å². The molecular formula is C6H3F11O3S. The van der Waals surface area contributed by atoms with E-state index in [4.69, 9.17) is 0 Å². The average Bonchev–Trinajstić information content (AvgIpc) is 2.10. The predicted octanol–water partition coefficient (Wildman–Crippen LogP) is 3.37. The van der Waals surface area contributed by atoms with Crippen molar-refractivity contribution in [3.8, 4) is 0 Å². The smallest absolute Gasteiger partial charge is 0.240 e. The van der Waals surface area contributed by atoms with E-state index in [1.165, 1.54) is 0 Å². The fourth-order valence-corrected chi connectivity index (χ4v) is 1.24. The van der Waals surface area contributed by atoms with Crippen molar-refractivity contribution in [3.05, 3.63) is 0 Å². The Morgan fingerprint density at radius 3 is 1.52 bits per heavy atom. The molecule has 15 heteroatoms. The van der Waals surface area contributed by atoms with Gasteiger partial charge in [0.15, 0.2) is 6.17 Å². The van der Waals surface area contributed by atoms with Crippen molar-refractivity contribution in [2.45, 2.75) is 36.3 Å². The van der Waals surface area contributed by atoms with Crippen LogP contribution in [0, 0.1) is 0 Å². The van der Waals surface area contributed by atoms with Crippen LogP contribution in [-0.4, -0.2) is 38.3 Å². The van der Waals surface area contributed by atoms with E-state index in [0.717, 1.165) is 0 Å². The second-order valence-electron chi connectivity index (χ2n) is 3.41. The SMILES string of the molecule is O=S(=O)(OC(F)(F)C(F)(F)C(F)CC(F)(F)F)C(F)(F)F. The van der Waals surface area contributed by atoms with Gasteiger partial charge < -0.3 is 0 Å². The molecule has 128 valence electrons. The third-order valence-corrected chi connectivity index (χ3v) is 2.69. The van der Waals surface area contributed by atoms with E-state index in [1.54, 1.807) is 0 Å². The van der Waals surface area contributed by atoms with Crippen LogP contribution >= 0.6 is 0 Å². The number of hydrogen-bond acceptors (Lipinski definition) is 3. The minimum absolute atomic E-state index is 1.85. The average molecular weight is 364 g/mol. The third-order valence-electron chi connectivity index (χ3n) is 1.69. The molecule has 0 aromatic rings. The molecule has 0 spiro atoms. The van der Waals surface area contributed by atoms with Crippen molar-refractivity contribution < 1.29 is 60.9 Å². The molecule has 0 radical (unpaired) electrons. The quantitative estimate of drug-likeness (QED) is 0.427. The predicted molar refractivity (Wildman–Crippen MR) is 41.5 cm³/mol. The molecular weight excluding hydrogens is 361 g/mol. The van der Waals surface area contributed by atoms with Gasteiger partial charge in [0.1, 0.15) is 0 Å². The summed E-state index contributed by atoms with van der Waals surface area (Å²) in [6.45, 7) is 0. The minimum Gasteiger partial charge on any atom is -0.240 e. The van der Waals surface area contributed by atoms with Crippen LogP contribution in [0.25, 0.3) is 0 Å². The van der Waals surface area contributed by atoms with Crippen LogP contribution in [0.3, 0.4) is 0 Å². The van der Waals surface area contributed by atoms with Crippen molar-refractivity contribution in [1.82, 2.24) is 0 Å². The normalized spacial score (nSPS) is 16.9. The van der Waals surface area contributed by atoms with Crippen molar-refractivity contribution >= 4 is 10.1 Å². The Hall–Kier alpha value is -0.860. The molecule has 3 nitrogen and oxygen atoms in total. The summed E-state index contributed by atoms with van der Waals surface area (Å²) in [4.78, 5) is 0. The van der Waals surface area contributed by atoms with Gasteiger partial charge in [-0.25, -0.2) is 4.39 Å². The highest BCUT2D eigenvalue weighted by molar-refractivity contribution is 7.87. The lowest BCUT2D eigenvalue weighted by Gasteiger charge is -2.28. The number of alkyl halides is 11. The van der Waals surface area contributed by atoms with Crippen LogP contribution in [0.4, 0.5) is 48.3 Å². The summed E-state index contributed by atoms with van der Waals surface area (Å²) in [5.41, 5.74) is -6.57. The lowest BCUT2D eigenvalue weighted by molar-refractivity contribution is -0.335. The van der Waals surface area contributed by atoms with Crippen LogP contribution in [0.1, 0.15) is 6.42 Å². The van der Waals surface area contributed by atoms with Crippen LogP contribution in [0.2, 0.25) is 0 Å². The topological polar surface area (TPSA) is 43.4 Å². The molecule has 0 saturated heterocycles. The highest BCUT2D eigenvalue weighted by Crippen LogP contribution is 2.45. The van der Waals surface area contributed by atoms with E-state index in [9.17, 15) is 56.7 Å².